The summed E-state index contributed by atoms with van der Waals surface area (Å²) < 4.78 is 6.63. The standard InChI is InChI=1S/C29H26N2O4S/c1-5-35-21-8-6-7-20(15-21)25-23(26(32)19-11-9-16(2)10-12-19)27(33)28(34)31(25)29-30-24-18(4)13-17(3)14-22(24)36-29/h6-15,25,32H,5H2,1-4H3. The normalized spacial score (nSPS) is 17.2. The third-order valence-electron chi connectivity index (χ3n) is 6.28. The van der Waals surface area contributed by atoms with E-state index >= 15 is 0 Å². The van der Waals surface area contributed by atoms with Crippen LogP contribution in [0.15, 0.2) is 66.2 Å². The number of rotatable bonds is 5. The molecular weight excluding hydrogens is 472 g/mol. The number of ether oxygens (including phenoxy) is 1. The van der Waals surface area contributed by atoms with E-state index in [0.717, 1.165) is 26.9 Å². The average molecular weight is 499 g/mol. The lowest BCUT2D eigenvalue weighted by Gasteiger charge is -2.23. The number of carbonyl (C=O) groups is 2. The van der Waals surface area contributed by atoms with Crippen LogP contribution in [0.25, 0.3) is 16.0 Å². The van der Waals surface area contributed by atoms with Gasteiger partial charge < -0.3 is 9.84 Å². The lowest BCUT2D eigenvalue weighted by molar-refractivity contribution is -0.132. The fourth-order valence-electron chi connectivity index (χ4n) is 4.62. The first kappa shape index (κ1) is 23.8. The van der Waals surface area contributed by atoms with Crippen molar-refractivity contribution in [3.05, 3.63) is 94.1 Å². The van der Waals surface area contributed by atoms with E-state index in [9.17, 15) is 14.7 Å². The number of aliphatic hydroxyl groups excluding tert-OH is 1. The molecule has 1 amide bonds. The Labute approximate surface area is 213 Å². The minimum atomic E-state index is -0.853. The molecule has 0 bridgehead atoms. The van der Waals surface area contributed by atoms with Gasteiger partial charge in [0.15, 0.2) is 5.13 Å². The lowest BCUT2D eigenvalue weighted by atomic mass is 9.95. The maximum Gasteiger partial charge on any atom is 0.301 e. The van der Waals surface area contributed by atoms with E-state index in [-0.39, 0.29) is 11.3 Å². The SMILES string of the molecule is CCOc1cccc(C2C(=C(O)c3ccc(C)cc3)C(=O)C(=O)N2c2nc3c(C)cc(C)cc3s2)c1. The second-order valence-electron chi connectivity index (χ2n) is 8.97. The third-order valence-corrected chi connectivity index (χ3v) is 7.28. The quantitative estimate of drug-likeness (QED) is 0.200. The Morgan fingerprint density at radius 2 is 1.78 bits per heavy atom. The van der Waals surface area contributed by atoms with Crippen LogP contribution in [0.5, 0.6) is 5.75 Å². The van der Waals surface area contributed by atoms with Gasteiger partial charge in [0.1, 0.15) is 11.5 Å². The van der Waals surface area contributed by atoms with E-state index in [4.69, 9.17) is 9.72 Å². The number of fused-ring (bicyclic) bond motifs is 1. The number of aryl methyl sites for hydroxylation is 3. The Kier molecular flexibility index (Phi) is 6.10. The van der Waals surface area contributed by atoms with Crippen LogP contribution in [0.3, 0.4) is 0 Å². The van der Waals surface area contributed by atoms with Crippen LogP contribution in [0.4, 0.5) is 5.13 Å². The van der Waals surface area contributed by atoms with Crippen LogP contribution < -0.4 is 9.64 Å². The number of aliphatic hydroxyl groups is 1. The molecule has 2 heterocycles. The van der Waals surface area contributed by atoms with Gasteiger partial charge in [-0.2, -0.15) is 0 Å². The number of ketones is 1. The molecule has 3 aromatic carbocycles. The first-order chi connectivity index (χ1) is 17.3. The number of hydrogen-bond donors (Lipinski definition) is 1. The molecule has 1 aromatic heterocycles. The van der Waals surface area contributed by atoms with Crippen LogP contribution in [-0.2, 0) is 9.59 Å². The summed E-state index contributed by atoms with van der Waals surface area (Å²) in [4.78, 5) is 33.1. The summed E-state index contributed by atoms with van der Waals surface area (Å²) in [7, 11) is 0. The summed E-state index contributed by atoms with van der Waals surface area (Å²) in [6.45, 7) is 8.30. The average Bonchev–Trinajstić information content (AvgIpc) is 3.38. The van der Waals surface area contributed by atoms with Gasteiger partial charge in [-0.05, 0) is 62.6 Å². The van der Waals surface area contributed by atoms with E-state index in [0.29, 0.717) is 28.6 Å². The molecule has 0 saturated carbocycles. The van der Waals surface area contributed by atoms with Gasteiger partial charge in [-0.25, -0.2) is 4.98 Å². The summed E-state index contributed by atoms with van der Waals surface area (Å²) in [5, 5.41) is 11.7. The molecule has 182 valence electrons. The minimum Gasteiger partial charge on any atom is -0.507 e. The number of hydrogen-bond acceptors (Lipinski definition) is 6. The van der Waals surface area contributed by atoms with E-state index < -0.39 is 17.7 Å². The predicted molar refractivity (Wildman–Crippen MR) is 143 cm³/mol. The molecule has 0 spiro atoms. The maximum atomic E-state index is 13.5. The predicted octanol–water partition coefficient (Wildman–Crippen LogP) is 6.25. The number of thiazole rings is 1. The van der Waals surface area contributed by atoms with E-state index in [1.807, 2.05) is 70.2 Å². The molecular formula is C29H26N2O4S. The Morgan fingerprint density at radius 1 is 1.03 bits per heavy atom. The van der Waals surface area contributed by atoms with E-state index in [1.165, 1.54) is 16.2 Å². The van der Waals surface area contributed by atoms with Crippen molar-refractivity contribution in [3.8, 4) is 5.75 Å². The molecule has 1 fully saturated rings. The zero-order chi connectivity index (χ0) is 25.6. The maximum absolute atomic E-state index is 13.5. The Bertz CT molecular complexity index is 1530. The van der Waals surface area contributed by atoms with Gasteiger partial charge in [0.25, 0.3) is 5.78 Å². The number of amides is 1. The molecule has 6 nitrogen and oxygen atoms in total. The molecule has 7 heteroatoms. The highest BCUT2D eigenvalue weighted by molar-refractivity contribution is 7.22. The highest BCUT2D eigenvalue weighted by atomic mass is 32.1. The van der Waals surface area contributed by atoms with Gasteiger partial charge in [0.2, 0.25) is 0 Å². The summed E-state index contributed by atoms with van der Waals surface area (Å²) in [5.41, 5.74) is 5.07. The van der Waals surface area contributed by atoms with E-state index in [2.05, 4.69) is 0 Å². The van der Waals surface area contributed by atoms with Crippen LogP contribution in [0.2, 0.25) is 0 Å². The molecule has 36 heavy (non-hydrogen) atoms. The van der Waals surface area contributed by atoms with Gasteiger partial charge >= 0.3 is 5.91 Å². The lowest BCUT2D eigenvalue weighted by Crippen LogP contribution is -2.29. The molecule has 0 radical (unpaired) electrons. The first-order valence-electron chi connectivity index (χ1n) is 11.8. The molecule has 4 aromatic rings. The second-order valence-corrected chi connectivity index (χ2v) is 9.97. The Morgan fingerprint density at radius 3 is 2.50 bits per heavy atom. The van der Waals surface area contributed by atoms with Gasteiger partial charge in [0.05, 0.1) is 28.4 Å². The highest BCUT2D eigenvalue weighted by Crippen LogP contribution is 2.45. The zero-order valence-electron chi connectivity index (χ0n) is 20.5. The van der Waals surface area contributed by atoms with Crippen molar-refractivity contribution in [1.82, 2.24) is 4.98 Å². The van der Waals surface area contributed by atoms with Gasteiger partial charge in [0, 0.05) is 5.56 Å². The first-order valence-corrected chi connectivity index (χ1v) is 12.6. The molecule has 1 saturated heterocycles. The smallest absolute Gasteiger partial charge is 0.301 e. The molecule has 1 N–H and O–H groups in total. The van der Waals surface area contributed by atoms with Crippen molar-refractivity contribution in [2.24, 2.45) is 0 Å². The largest absolute Gasteiger partial charge is 0.507 e. The molecule has 0 aliphatic carbocycles. The fourth-order valence-corrected chi connectivity index (χ4v) is 5.78. The number of anilines is 1. The van der Waals surface area contributed by atoms with Crippen LogP contribution in [0.1, 0.15) is 40.8 Å². The summed E-state index contributed by atoms with van der Waals surface area (Å²) in [5.74, 6) is -1.06. The number of carbonyl (C=O) groups excluding carboxylic acids is 2. The van der Waals surface area contributed by atoms with Gasteiger partial charge in [-0.3, -0.25) is 14.5 Å². The van der Waals surface area contributed by atoms with Crippen molar-refractivity contribution in [3.63, 3.8) is 0 Å². The fraction of sp³-hybridized carbons (Fsp3) is 0.207. The van der Waals surface area contributed by atoms with Crippen molar-refractivity contribution >= 4 is 44.1 Å². The Hall–Kier alpha value is -3.97. The summed E-state index contributed by atoms with van der Waals surface area (Å²) in [6, 6.07) is 17.7. The number of benzene rings is 3. The van der Waals surface area contributed by atoms with Crippen LogP contribution in [0, 0.1) is 20.8 Å². The van der Waals surface area contributed by atoms with Crippen LogP contribution >= 0.6 is 11.3 Å². The second kappa shape index (κ2) is 9.24. The van der Waals surface area contributed by atoms with Gasteiger partial charge in [-0.15, -0.1) is 0 Å². The molecule has 1 atom stereocenters. The Balaban J connectivity index is 1.74. The minimum absolute atomic E-state index is 0.0321. The van der Waals surface area contributed by atoms with Gasteiger partial charge in [-0.1, -0.05) is 59.4 Å². The third kappa shape index (κ3) is 4.05. The monoisotopic (exact) mass is 498 g/mol. The molecule has 1 aliphatic heterocycles. The summed E-state index contributed by atoms with van der Waals surface area (Å²) in [6.07, 6.45) is 0. The van der Waals surface area contributed by atoms with Crippen molar-refractivity contribution < 1.29 is 19.4 Å². The molecule has 5 rings (SSSR count). The zero-order valence-corrected chi connectivity index (χ0v) is 21.3. The van der Waals surface area contributed by atoms with Crippen molar-refractivity contribution in [1.29, 1.82) is 0 Å². The molecule has 1 unspecified atom stereocenters. The number of nitrogens with zero attached hydrogens (tertiary/aromatic N) is 2. The topological polar surface area (TPSA) is 79.7 Å². The summed E-state index contributed by atoms with van der Waals surface area (Å²) >= 11 is 1.36. The number of Topliss-reactive ketones (excluding diaryl/α,β-unsaturated/α-hetero) is 1. The molecule has 1 aliphatic rings. The van der Waals surface area contributed by atoms with Crippen molar-refractivity contribution in [2.75, 3.05) is 11.5 Å². The van der Waals surface area contributed by atoms with E-state index in [1.54, 1.807) is 18.2 Å². The highest BCUT2D eigenvalue weighted by Gasteiger charge is 2.48. The van der Waals surface area contributed by atoms with Crippen molar-refractivity contribution in [2.45, 2.75) is 33.7 Å². The number of aromatic nitrogens is 1. The van der Waals surface area contributed by atoms with Crippen LogP contribution in [-0.4, -0.2) is 28.4 Å².